The maximum atomic E-state index is 11.4. The highest BCUT2D eigenvalue weighted by Gasteiger charge is 2.25. The van der Waals surface area contributed by atoms with Crippen molar-refractivity contribution in [3.8, 4) is 34.7 Å². The Labute approximate surface area is 183 Å². The standard InChI is InChI=1S/C24H18N2O6/c1-2-28-21(27)15-31-17-9-7-16(8-10-17)14-26-24-18(13-25)22(19-5-3-11-29-19)23(32-24)20-6-4-12-30-20/h3-12,14H,2,15H2,1H3. The molecule has 1 aromatic carbocycles. The van der Waals surface area contributed by atoms with Crippen LogP contribution in [0.5, 0.6) is 5.75 Å². The van der Waals surface area contributed by atoms with E-state index in [2.05, 4.69) is 11.1 Å². The Morgan fingerprint density at radius 2 is 1.81 bits per heavy atom. The van der Waals surface area contributed by atoms with Crippen LogP contribution in [0.2, 0.25) is 0 Å². The smallest absolute Gasteiger partial charge is 0.344 e. The highest BCUT2D eigenvalue weighted by atomic mass is 16.6. The third-order valence-electron chi connectivity index (χ3n) is 4.39. The van der Waals surface area contributed by atoms with Gasteiger partial charge in [0.15, 0.2) is 18.1 Å². The maximum absolute atomic E-state index is 11.4. The van der Waals surface area contributed by atoms with E-state index in [1.54, 1.807) is 61.7 Å². The zero-order valence-electron chi connectivity index (χ0n) is 17.1. The molecule has 32 heavy (non-hydrogen) atoms. The summed E-state index contributed by atoms with van der Waals surface area (Å²) in [5.41, 5.74) is 1.45. The second-order valence-corrected chi connectivity index (χ2v) is 6.47. The first-order valence-corrected chi connectivity index (χ1v) is 9.76. The van der Waals surface area contributed by atoms with Gasteiger partial charge < -0.3 is 22.7 Å². The van der Waals surface area contributed by atoms with E-state index in [0.29, 0.717) is 35.2 Å². The SMILES string of the molecule is CCOC(=O)COc1ccc(C=Nc2oc(-c3ccco3)c(-c3ccco3)c2C#N)cc1. The van der Waals surface area contributed by atoms with Gasteiger partial charge in [-0.05, 0) is 61.0 Å². The van der Waals surface area contributed by atoms with Gasteiger partial charge in [0.1, 0.15) is 23.1 Å². The molecule has 8 heteroatoms. The van der Waals surface area contributed by atoms with Crippen LogP contribution in [0.4, 0.5) is 5.88 Å². The van der Waals surface area contributed by atoms with Gasteiger partial charge in [0, 0.05) is 6.21 Å². The van der Waals surface area contributed by atoms with Gasteiger partial charge in [0.25, 0.3) is 0 Å². The van der Waals surface area contributed by atoms with Crippen LogP contribution in [0.1, 0.15) is 18.1 Å². The van der Waals surface area contributed by atoms with Gasteiger partial charge >= 0.3 is 5.97 Å². The summed E-state index contributed by atoms with van der Waals surface area (Å²) in [4.78, 5) is 15.7. The lowest BCUT2D eigenvalue weighted by molar-refractivity contribution is -0.145. The lowest BCUT2D eigenvalue weighted by atomic mass is 10.1. The molecule has 4 aromatic rings. The predicted octanol–water partition coefficient (Wildman–Crippen LogP) is 5.36. The third-order valence-corrected chi connectivity index (χ3v) is 4.39. The van der Waals surface area contributed by atoms with E-state index < -0.39 is 5.97 Å². The molecule has 0 radical (unpaired) electrons. The molecule has 3 heterocycles. The second-order valence-electron chi connectivity index (χ2n) is 6.47. The molecule has 0 saturated carbocycles. The van der Waals surface area contributed by atoms with Crippen molar-refractivity contribution in [2.24, 2.45) is 4.99 Å². The first kappa shape index (κ1) is 20.8. The molecule has 160 valence electrons. The molecule has 0 aliphatic heterocycles. The summed E-state index contributed by atoms with van der Waals surface area (Å²) in [6.45, 7) is 1.88. The number of rotatable bonds is 8. The lowest BCUT2D eigenvalue weighted by Gasteiger charge is -2.05. The van der Waals surface area contributed by atoms with E-state index >= 15 is 0 Å². The van der Waals surface area contributed by atoms with Gasteiger partial charge in [0.05, 0.1) is 24.7 Å². The largest absolute Gasteiger partial charge is 0.482 e. The Morgan fingerprint density at radius 3 is 2.44 bits per heavy atom. The van der Waals surface area contributed by atoms with Gasteiger partial charge in [-0.1, -0.05) is 0 Å². The molecule has 0 spiro atoms. The van der Waals surface area contributed by atoms with Crippen molar-refractivity contribution in [2.45, 2.75) is 6.92 Å². The summed E-state index contributed by atoms with van der Waals surface area (Å²) in [6.07, 6.45) is 4.60. The van der Waals surface area contributed by atoms with Gasteiger partial charge in [-0.3, -0.25) is 0 Å². The summed E-state index contributed by atoms with van der Waals surface area (Å²) >= 11 is 0. The first-order chi connectivity index (χ1) is 15.7. The Kier molecular flexibility index (Phi) is 6.18. The predicted molar refractivity (Wildman–Crippen MR) is 115 cm³/mol. The van der Waals surface area contributed by atoms with Gasteiger partial charge in [0.2, 0.25) is 5.88 Å². The Bertz CT molecular complexity index is 1240. The molecule has 0 aliphatic carbocycles. The van der Waals surface area contributed by atoms with Crippen LogP contribution < -0.4 is 4.74 Å². The third kappa shape index (κ3) is 4.47. The van der Waals surface area contributed by atoms with Crippen LogP contribution in [-0.2, 0) is 9.53 Å². The average molecular weight is 430 g/mol. The average Bonchev–Trinajstić information content (AvgIpc) is 3.57. The number of hydrogen-bond acceptors (Lipinski definition) is 8. The van der Waals surface area contributed by atoms with Crippen LogP contribution in [-0.4, -0.2) is 25.4 Å². The minimum Gasteiger partial charge on any atom is -0.482 e. The fraction of sp³-hybridized carbons (Fsp3) is 0.125. The monoisotopic (exact) mass is 430 g/mol. The Balaban J connectivity index is 1.59. The van der Waals surface area contributed by atoms with E-state index in [9.17, 15) is 10.1 Å². The minimum absolute atomic E-state index is 0.132. The minimum atomic E-state index is -0.431. The van der Waals surface area contributed by atoms with Crippen molar-refractivity contribution in [3.05, 3.63) is 72.2 Å². The van der Waals surface area contributed by atoms with Crippen LogP contribution in [0, 0.1) is 11.3 Å². The molecule has 3 aromatic heterocycles. The van der Waals surface area contributed by atoms with E-state index in [0.717, 1.165) is 5.56 Å². The fourth-order valence-electron chi connectivity index (χ4n) is 2.98. The zero-order chi connectivity index (χ0) is 22.3. The van der Waals surface area contributed by atoms with Crippen molar-refractivity contribution in [2.75, 3.05) is 13.2 Å². The summed E-state index contributed by atoms with van der Waals surface area (Å²) in [7, 11) is 0. The van der Waals surface area contributed by atoms with Gasteiger partial charge in [-0.25, -0.2) is 9.79 Å². The first-order valence-electron chi connectivity index (χ1n) is 9.76. The Morgan fingerprint density at radius 1 is 1.09 bits per heavy atom. The van der Waals surface area contributed by atoms with E-state index in [4.69, 9.17) is 22.7 Å². The summed E-state index contributed by atoms with van der Waals surface area (Å²) in [5.74, 6) is 1.51. The molecule has 0 aliphatic rings. The topological polar surface area (TPSA) is 111 Å². The van der Waals surface area contributed by atoms with Crippen LogP contribution in [0.25, 0.3) is 22.8 Å². The quantitative estimate of drug-likeness (QED) is 0.273. The number of hydrogen-bond donors (Lipinski definition) is 0. The Hall–Kier alpha value is -4.51. The number of furan rings is 3. The molecule has 0 saturated heterocycles. The van der Waals surface area contributed by atoms with Gasteiger partial charge in [-0.15, -0.1) is 0 Å². The number of aliphatic imine (C=N–C) groups is 1. The molecule has 0 amide bonds. The normalized spacial score (nSPS) is 10.9. The number of benzene rings is 1. The number of esters is 1. The highest BCUT2D eigenvalue weighted by Crippen LogP contribution is 2.42. The van der Waals surface area contributed by atoms with E-state index in [-0.39, 0.29) is 18.1 Å². The summed E-state index contributed by atoms with van der Waals surface area (Å²) in [6, 6.07) is 16.0. The number of carbonyl (C=O) groups excluding carboxylic acids is 1. The molecular weight excluding hydrogens is 412 g/mol. The summed E-state index contributed by atoms with van der Waals surface area (Å²) in [5, 5.41) is 9.77. The van der Waals surface area contributed by atoms with Crippen molar-refractivity contribution < 1.29 is 27.5 Å². The van der Waals surface area contributed by atoms with Crippen LogP contribution >= 0.6 is 0 Å². The molecule has 0 N–H and O–H groups in total. The molecule has 4 rings (SSSR count). The molecule has 0 atom stereocenters. The van der Waals surface area contributed by atoms with Gasteiger partial charge in [-0.2, -0.15) is 5.26 Å². The van der Waals surface area contributed by atoms with Crippen LogP contribution in [0.3, 0.4) is 0 Å². The molecular formula is C24H18N2O6. The molecule has 0 unspecified atom stereocenters. The lowest BCUT2D eigenvalue weighted by Crippen LogP contribution is -2.14. The maximum Gasteiger partial charge on any atom is 0.344 e. The summed E-state index contributed by atoms with van der Waals surface area (Å²) < 4.78 is 27.0. The number of ether oxygens (including phenoxy) is 2. The van der Waals surface area contributed by atoms with Crippen molar-refractivity contribution in [1.29, 1.82) is 5.26 Å². The molecule has 0 bridgehead atoms. The van der Waals surface area contributed by atoms with Crippen molar-refractivity contribution >= 4 is 18.1 Å². The van der Waals surface area contributed by atoms with E-state index in [1.165, 1.54) is 12.5 Å². The number of nitrogens with zero attached hydrogens (tertiary/aromatic N) is 2. The number of carbonyl (C=O) groups is 1. The number of nitriles is 1. The molecule has 8 nitrogen and oxygen atoms in total. The highest BCUT2D eigenvalue weighted by molar-refractivity contribution is 5.87. The zero-order valence-corrected chi connectivity index (χ0v) is 17.1. The van der Waals surface area contributed by atoms with E-state index in [1.807, 2.05) is 0 Å². The molecule has 0 fully saturated rings. The van der Waals surface area contributed by atoms with Crippen LogP contribution in [0.15, 0.2) is 79.3 Å². The van der Waals surface area contributed by atoms with Crippen molar-refractivity contribution in [1.82, 2.24) is 0 Å². The van der Waals surface area contributed by atoms with Crippen molar-refractivity contribution in [3.63, 3.8) is 0 Å². The second kappa shape index (κ2) is 9.53. The fourth-order valence-corrected chi connectivity index (χ4v) is 2.98.